The number of carbonyl (C=O) groups is 1. The molecule has 2 aliphatic heterocycles. The maximum Gasteiger partial charge on any atom is 0.410 e. The van der Waals surface area contributed by atoms with E-state index in [9.17, 15) is 4.79 Å². The summed E-state index contributed by atoms with van der Waals surface area (Å²) in [6.07, 6.45) is 8.14. The Balaban J connectivity index is 1.46. The Morgan fingerprint density at radius 1 is 1.20 bits per heavy atom. The number of fused-ring (bicyclic) bond motifs is 2. The molecule has 2 unspecified atom stereocenters. The van der Waals surface area contributed by atoms with E-state index in [1.165, 1.54) is 5.57 Å². The Labute approximate surface area is 146 Å². The zero-order chi connectivity index (χ0) is 17.2. The van der Waals surface area contributed by atoms with Gasteiger partial charge in [-0.2, -0.15) is 0 Å². The smallest absolute Gasteiger partial charge is 0.410 e. The van der Waals surface area contributed by atoms with Gasteiger partial charge in [0.05, 0.1) is 6.04 Å². The van der Waals surface area contributed by atoms with Crippen molar-refractivity contribution in [2.24, 2.45) is 0 Å². The normalized spacial score (nSPS) is 21.8. The molecule has 1 saturated heterocycles. The minimum Gasteiger partial charge on any atom is -0.445 e. The van der Waals surface area contributed by atoms with Crippen molar-refractivity contribution in [3.05, 3.63) is 59.9 Å². The Kier molecular flexibility index (Phi) is 4.09. The Bertz CT molecular complexity index is 789. The van der Waals surface area contributed by atoms with Crippen molar-refractivity contribution in [1.82, 2.24) is 14.9 Å². The monoisotopic (exact) mass is 336 g/mol. The quantitative estimate of drug-likeness (QED) is 0.932. The standard InChI is InChI=1S/C19H20N4O2/c20-18-21-10-15(11-22-18)14-8-16-6-7-17(9-14)23(16)19(24)25-12-13-4-2-1-3-5-13/h1-5,8,10-11,16-17H,6-7,9,12H2,(H2,20,21,22). The summed E-state index contributed by atoms with van der Waals surface area (Å²) in [4.78, 5) is 22.6. The molecule has 4 rings (SSSR count). The molecule has 2 N–H and O–H groups in total. The van der Waals surface area contributed by atoms with Crippen LogP contribution in [-0.2, 0) is 11.3 Å². The van der Waals surface area contributed by atoms with Gasteiger partial charge in [-0.1, -0.05) is 36.4 Å². The fourth-order valence-electron chi connectivity index (χ4n) is 3.63. The molecule has 0 radical (unpaired) electrons. The summed E-state index contributed by atoms with van der Waals surface area (Å²) in [5, 5.41) is 0. The van der Waals surface area contributed by atoms with Gasteiger partial charge in [0.2, 0.25) is 5.95 Å². The lowest BCUT2D eigenvalue weighted by Crippen LogP contribution is -2.43. The fraction of sp³-hybridized carbons (Fsp3) is 0.316. The number of amides is 1. The Morgan fingerprint density at radius 3 is 2.68 bits per heavy atom. The van der Waals surface area contributed by atoms with Gasteiger partial charge in [0.15, 0.2) is 0 Å². The van der Waals surface area contributed by atoms with Crippen LogP contribution in [0.25, 0.3) is 5.57 Å². The molecule has 6 nitrogen and oxygen atoms in total. The molecular weight excluding hydrogens is 316 g/mol. The van der Waals surface area contributed by atoms with E-state index >= 15 is 0 Å². The van der Waals surface area contributed by atoms with Crippen molar-refractivity contribution in [3.63, 3.8) is 0 Å². The first-order valence-electron chi connectivity index (χ1n) is 8.48. The molecule has 0 aliphatic carbocycles. The van der Waals surface area contributed by atoms with Gasteiger partial charge in [0.25, 0.3) is 0 Å². The third-order valence-electron chi connectivity index (χ3n) is 4.85. The summed E-state index contributed by atoms with van der Waals surface area (Å²) >= 11 is 0. The summed E-state index contributed by atoms with van der Waals surface area (Å²) in [7, 11) is 0. The first kappa shape index (κ1) is 15.6. The van der Waals surface area contributed by atoms with Crippen molar-refractivity contribution in [3.8, 4) is 0 Å². The largest absolute Gasteiger partial charge is 0.445 e. The summed E-state index contributed by atoms with van der Waals surface area (Å²) in [6.45, 7) is 0.304. The summed E-state index contributed by atoms with van der Waals surface area (Å²) in [5.41, 5.74) is 8.71. The second-order valence-corrected chi connectivity index (χ2v) is 6.47. The van der Waals surface area contributed by atoms with Crippen molar-refractivity contribution < 1.29 is 9.53 Å². The van der Waals surface area contributed by atoms with E-state index in [1.54, 1.807) is 12.4 Å². The van der Waals surface area contributed by atoms with Crippen LogP contribution >= 0.6 is 0 Å². The van der Waals surface area contributed by atoms with E-state index in [0.29, 0.717) is 6.61 Å². The molecule has 1 amide bonds. The highest BCUT2D eigenvalue weighted by Gasteiger charge is 2.40. The highest BCUT2D eigenvalue weighted by Crippen LogP contribution is 2.38. The number of carbonyl (C=O) groups excluding carboxylic acids is 1. The molecule has 0 saturated carbocycles. The van der Waals surface area contributed by atoms with Crippen LogP contribution in [0.2, 0.25) is 0 Å². The molecule has 128 valence electrons. The Morgan fingerprint density at radius 2 is 1.96 bits per heavy atom. The van der Waals surface area contributed by atoms with E-state index in [1.807, 2.05) is 35.2 Å². The molecule has 1 aromatic heterocycles. The molecule has 1 aromatic carbocycles. The van der Waals surface area contributed by atoms with Gasteiger partial charge in [-0.25, -0.2) is 14.8 Å². The lowest BCUT2D eigenvalue weighted by molar-refractivity contribution is 0.0832. The van der Waals surface area contributed by atoms with E-state index in [2.05, 4.69) is 16.0 Å². The van der Waals surface area contributed by atoms with E-state index in [0.717, 1.165) is 30.4 Å². The Hall–Kier alpha value is -2.89. The predicted octanol–water partition coefficient (Wildman–Crippen LogP) is 3.02. The molecule has 2 aliphatic rings. The first-order valence-corrected chi connectivity index (χ1v) is 8.48. The van der Waals surface area contributed by atoms with Gasteiger partial charge in [-0.05, 0) is 30.4 Å². The van der Waals surface area contributed by atoms with Gasteiger partial charge in [-0.3, -0.25) is 4.90 Å². The minimum absolute atomic E-state index is 0.0783. The van der Waals surface area contributed by atoms with Gasteiger partial charge in [0.1, 0.15) is 6.61 Å². The topological polar surface area (TPSA) is 81.3 Å². The van der Waals surface area contributed by atoms with Crippen LogP contribution in [0.1, 0.15) is 30.4 Å². The average molecular weight is 336 g/mol. The number of nitrogens with zero attached hydrogens (tertiary/aromatic N) is 3. The molecule has 6 heteroatoms. The third-order valence-corrected chi connectivity index (χ3v) is 4.85. The second kappa shape index (κ2) is 6.55. The summed E-state index contributed by atoms with van der Waals surface area (Å²) < 4.78 is 5.52. The van der Waals surface area contributed by atoms with Crippen molar-refractivity contribution >= 4 is 17.6 Å². The molecule has 2 bridgehead atoms. The van der Waals surface area contributed by atoms with Crippen LogP contribution in [0, 0.1) is 0 Å². The highest BCUT2D eigenvalue weighted by molar-refractivity contribution is 5.74. The van der Waals surface area contributed by atoms with Crippen LogP contribution in [0.5, 0.6) is 0 Å². The predicted molar refractivity (Wildman–Crippen MR) is 94.3 cm³/mol. The van der Waals surface area contributed by atoms with Gasteiger partial charge >= 0.3 is 6.09 Å². The molecular formula is C19H20N4O2. The molecule has 2 aromatic rings. The lowest BCUT2D eigenvalue weighted by atomic mass is 9.97. The van der Waals surface area contributed by atoms with E-state index < -0.39 is 0 Å². The van der Waals surface area contributed by atoms with Crippen molar-refractivity contribution in [1.29, 1.82) is 0 Å². The van der Waals surface area contributed by atoms with Crippen molar-refractivity contribution in [2.75, 3.05) is 5.73 Å². The fourth-order valence-corrected chi connectivity index (χ4v) is 3.63. The van der Waals surface area contributed by atoms with Crippen molar-refractivity contribution in [2.45, 2.75) is 38.0 Å². The first-order chi connectivity index (χ1) is 12.2. The van der Waals surface area contributed by atoms with Gasteiger partial charge < -0.3 is 10.5 Å². The van der Waals surface area contributed by atoms with E-state index in [-0.39, 0.29) is 24.1 Å². The molecule has 0 spiro atoms. The minimum atomic E-state index is -0.236. The number of aromatic nitrogens is 2. The van der Waals surface area contributed by atoms with Crippen LogP contribution in [0.3, 0.4) is 0 Å². The third kappa shape index (κ3) is 3.20. The number of hydrogen-bond donors (Lipinski definition) is 1. The van der Waals surface area contributed by atoms with Crippen LogP contribution in [0.15, 0.2) is 48.8 Å². The lowest BCUT2D eigenvalue weighted by Gasteiger charge is -2.33. The average Bonchev–Trinajstić information content (AvgIpc) is 2.91. The maximum atomic E-state index is 12.6. The zero-order valence-corrected chi connectivity index (χ0v) is 13.8. The number of benzene rings is 1. The maximum absolute atomic E-state index is 12.6. The zero-order valence-electron chi connectivity index (χ0n) is 13.8. The number of anilines is 1. The number of rotatable bonds is 3. The highest BCUT2D eigenvalue weighted by atomic mass is 16.6. The number of hydrogen-bond acceptors (Lipinski definition) is 5. The number of nitrogen functional groups attached to an aromatic ring is 1. The molecule has 1 fully saturated rings. The summed E-state index contributed by atoms with van der Waals surface area (Å²) in [5.74, 6) is 0.272. The summed E-state index contributed by atoms with van der Waals surface area (Å²) in [6, 6.07) is 9.99. The van der Waals surface area contributed by atoms with Crippen LogP contribution in [0.4, 0.5) is 10.7 Å². The van der Waals surface area contributed by atoms with Gasteiger partial charge in [-0.15, -0.1) is 0 Å². The van der Waals surface area contributed by atoms with E-state index in [4.69, 9.17) is 10.5 Å². The molecule has 25 heavy (non-hydrogen) atoms. The molecule has 2 atom stereocenters. The van der Waals surface area contributed by atoms with Crippen LogP contribution in [-0.4, -0.2) is 33.0 Å². The van der Waals surface area contributed by atoms with Crippen LogP contribution < -0.4 is 5.73 Å². The van der Waals surface area contributed by atoms with Gasteiger partial charge in [0, 0.05) is 24.0 Å². The number of ether oxygens (including phenoxy) is 1. The SMILES string of the molecule is Nc1ncc(C2=CC3CCC(C2)N3C(=O)OCc2ccccc2)cn1. The number of nitrogens with two attached hydrogens (primary N) is 1. The second-order valence-electron chi connectivity index (χ2n) is 6.47. The molecule has 3 heterocycles.